The van der Waals surface area contributed by atoms with Crippen LogP contribution in [-0.2, 0) is 14.4 Å². The van der Waals surface area contributed by atoms with E-state index in [0.29, 0.717) is 0 Å². The Kier molecular flexibility index (Phi) is 7.04. The second-order valence-electron chi connectivity index (χ2n) is 9.71. The number of carbonyl (C=O) groups excluding carboxylic acids is 3. The number of rotatable bonds is 8. The van der Waals surface area contributed by atoms with Gasteiger partial charge in [-0.05, 0) is 49.9 Å². The van der Waals surface area contributed by atoms with Gasteiger partial charge >= 0.3 is 12.2 Å². The third-order valence-electron chi connectivity index (χ3n) is 6.86. The van der Waals surface area contributed by atoms with Crippen molar-refractivity contribution in [1.82, 2.24) is 16.0 Å². The number of ether oxygens (including phenoxy) is 4. The largest absolute Gasteiger partial charge is 0.507 e. The number of benzene rings is 2. The molecule has 2 bridgehead atoms. The van der Waals surface area contributed by atoms with Crippen molar-refractivity contribution in [2.24, 2.45) is 0 Å². The lowest BCUT2D eigenvalue weighted by Crippen LogP contribution is -2.77. The van der Waals surface area contributed by atoms with E-state index in [1.54, 1.807) is 0 Å². The van der Waals surface area contributed by atoms with Crippen LogP contribution in [0.3, 0.4) is 0 Å². The molecule has 0 unspecified atom stereocenters. The average molecular weight is 606 g/mol. The Labute approximate surface area is 233 Å². The zero-order chi connectivity index (χ0) is 29.6. The van der Waals surface area contributed by atoms with E-state index in [2.05, 4.69) is 25.4 Å². The van der Waals surface area contributed by atoms with Crippen molar-refractivity contribution in [3.05, 3.63) is 47.2 Å². The molecule has 220 valence electrons. The third kappa shape index (κ3) is 5.62. The molecule has 0 spiro atoms. The number of alkyl halides is 4. The van der Waals surface area contributed by atoms with Crippen LogP contribution in [0.1, 0.15) is 25.7 Å². The van der Waals surface area contributed by atoms with Crippen LogP contribution in [0.25, 0.3) is 0 Å². The van der Waals surface area contributed by atoms with E-state index >= 15 is 0 Å². The van der Waals surface area contributed by atoms with Crippen molar-refractivity contribution < 1.29 is 55.3 Å². The maximum absolute atomic E-state index is 13.6. The summed E-state index contributed by atoms with van der Waals surface area (Å²) in [5, 5.41) is 7.95. The summed E-state index contributed by atoms with van der Waals surface area (Å²) in [6.07, 6.45) is -8.85. The van der Waals surface area contributed by atoms with Gasteiger partial charge in [0, 0.05) is 12.1 Å². The van der Waals surface area contributed by atoms with E-state index in [0.717, 1.165) is 24.3 Å². The lowest BCUT2D eigenvalue weighted by atomic mass is 9.71. The topological polar surface area (TPSA) is 124 Å². The van der Waals surface area contributed by atoms with E-state index in [9.17, 15) is 36.3 Å². The molecule has 3 aliphatic heterocycles. The van der Waals surface area contributed by atoms with Gasteiger partial charge in [-0.3, -0.25) is 14.4 Å². The highest BCUT2D eigenvalue weighted by Crippen LogP contribution is 2.48. The molecular formula is C25H21ClF5N3O7. The van der Waals surface area contributed by atoms with Gasteiger partial charge in [0.25, 0.3) is 11.8 Å². The van der Waals surface area contributed by atoms with Gasteiger partial charge in [0.15, 0.2) is 24.7 Å². The van der Waals surface area contributed by atoms with E-state index in [1.165, 1.54) is 12.1 Å². The molecule has 1 aliphatic carbocycles. The summed E-state index contributed by atoms with van der Waals surface area (Å²) in [5.74, 6) is -3.90. The highest BCUT2D eigenvalue weighted by Gasteiger charge is 2.66. The number of fused-ring (bicyclic) bond motifs is 4. The molecule has 3 N–H and O–H groups in total. The number of carbonyl (C=O) groups is 3. The maximum atomic E-state index is 13.6. The normalized spacial score (nSPS) is 25.1. The minimum Gasteiger partial charge on any atom is -0.484 e. The summed E-state index contributed by atoms with van der Waals surface area (Å²) in [6, 6.07) is 6.62. The standard InChI is InChI=1S/C25H21ClF5N3O7/c26-15-3-1-13(9-16(15)27)38-11-19(35)32-22-5-7-23(8-6-22,34-21(22)37)33-20(36)12-39-14-2-4-17-18(10-14)41-25(30,31)24(28,29)40-17/h1-4,9-10H,5-8,11-12H2,(H,32,35)(H,33,36)(H,34,37). The molecule has 0 atom stereocenters. The first-order valence-electron chi connectivity index (χ1n) is 12.1. The molecule has 10 nitrogen and oxygen atoms in total. The molecular weight excluding hydrogens is 585 g/mol. The molecule has 6 rings (SSSR count). The molecule has 0 aromatic heterocycles. The van der Waals surface area contributed by atoms with E-state index < -0.39 is 71.7 Å². The monoisotopic (exact) mass is 605 g/mol. The second-order valence-corrected chi connectivity index (χ2v) is 10.1. The predicted octanol–water partition coefficient (Wildman–Crippen LogP) is 3.27. The Bertz CT molecular complexity index is 1400. The quantitative estimate of drug-likeness (QED) is 0.395. The van der Waals surface area contributed by atoms with Gasteiger partial charge in [-0.15, -0.1) is 0 Å². The third-order valence-corrected chi connectivity index (χ3v) is 7.17. The highest BCUT2D eigenvalue weighted by molar-refractivity contribution is 6.30. The van der Waals surface area contributed by atoms with Crippen molar-refractivity contribution in [3.63, 3.8) is 0 Å². The first-order chi connectivity index (χ1) is 19.2. The summed E-state index contributed by atoms with van der Waals surface area (Å²) >= 11 is 5.62. The second kappa shape index (κ2) is 10.1. The van der Waals surface area contributed by atoms with Crippen LogP contribution in [0.2, 0.25) is 5.02 Å². The molecule has 3 heterocycles. The molecule has 41 heavy (non-hydrogen) atoms. The fourth-order valence-electron chi connectivity index (χ4n) is 4.74. The van der Waals surface area contributed by atoms with Crippen molar-refractivity contribution in [2.75, 3.05) is 13.2 Å². The number of piperidine rings is 2. The fraction of sp³-hybridized carbons (Fsp3) is 0.400. The van der Waals surface area contributed by atoms with Gasteiger partial charge in [-0.1, -0.05) is 11.6 Å². The van der Waals surface area contributed by atoms with Crippen LogP contribution in [0.5, 0.6) is 23.0 Å². The molecule has 1 saturated carbocycles. The molecule has 4 aliphatic rings. The number of hydrogen-bond donors (Lipinski definition) is 3. The zero-order valence-electron chi connectivity index (χ0n) is 20.8. The van der Waals surface area contributed by atoms with Crippen LogP contribution < -0.4 is 34.9 Å². The summed E-state index contributed by atoms with van der Waals surface area (Å²) in [4.78, 5) is 38.0. The van der Waals surface area contributed by atoms with Crippen molar-refractivity contribution in [3.8, 4) is 23.0 Å². The Morgan fingerprint density at radius 1 is 0.854 bits per heavy atom. The SMILES string of the molecule is O=C(COc1ccc2c(c1)OC(F)(F)C(F)(F)O2)NC12CCC(NC(=O)COc3ccc(Cl)c(F)c3)(CC1)C(=O)N2. The van der Waals surface area contributed by atoms with Gasteiger partial charge in [0.05, 0.1) is 5.02 Å². The van der Waals surface area contributed by atoms with E-state index in [1.807, 2.05) is 0 Å². The molecule has 2 saturated heterocycles. The van der Waals surface area contributed by atoms with Crippen LogP contribution in [0.15, 0.2) is 36.4 Å². The van der Waals surface area contributed by atoms with E-state index in [-0.39, 0.29) is 42.2 Å². The highest BCUT2D eigenvalue weighted by atomic mass is 35.5. The van der Waals surface area contributed by atoms with Gasteiger partial charge in [0.1, 0.15) is 28.5 Å². The van der Waals surface area contributed by atoms with Crippen molar-refractivity contribution in [1.29, 1.82) is 0 Å². The van der Waals surface area contributed by atoms with E-state index in [4.69, 9.17) is 21.1 Å². The van der Waals surface area contributed by atoms with Crippen LogP contribution >= 0.6 is 11.6 Å². The molecule has 3 amide bonds. The number of hydrogen-bond acceptors (Lipinski definition) is 7. The number of amides is 3. The van der Waals surface area contributed by atoms with Crippen molar-refractivity contribution in [2.45, 2.75) is 49.1 Å². The Morgan fingerprint density at radius 2 is 1.41 bits per heavy atom. The van der Waals surface area contributed by atoms with Crippen LogP contribution in [-0.4, -0.2) is 54.4 Å². The molecule has 16 heteroatoms. The minimum atomic E-state index is -4.91. The smallest absolute Gasteiger partial charge is 0.484 e. The predicted molar refractivity (Wildman–Crippen MR) is 128 cm³/mol. The fourth-order valence-corrected chi connectivity index (χ4v) is 4.86. The number of nitrogens with one attached hydrogen (secondary N) is 3. The van der Waals surface area contributed by atoms with Gasteiger partial charge < -0.3 is 34.9 Å². The van der Waals surface area contributed by atoms with Gasteiger partial charge in [-0.25, -0.2) is 4.39 Å². The molecule has 0 radical (unpaired) electrons. The Balaban J connectivity index is 1.12. The summed E-state index contributed by atoms with van der Waals surface area (Å²) in [7, 11) is 0. The lowest BCUT2D eigenvalue weighted by molar-refractivity contribution is -0.391. The Morgan fingerprint density at radius 3 is 2.02 bits per heavy atom. The summed E-state index contributed by atoms with van der Waals surface area (Å²) < 4.78 is 85.6. The van der Waals surface area contributed by atoms with Gasteiger partial charge in [0.2, 0.25) is 5.91 Å². The maximum Gasteiger partial charge on any atom is 0.507 e. The summed E-state index contributed by atoms with van der Waals surface area (Å²) in [6.45, 7) is -1.08. The lowest BCUT2D eigenvalue weighted by Gasteiger charge is -2.52. The average Bonchev–Trinajstić information content (AvgIpc) is 2.89. The van der Waals surface area contributed by atoms with Crippen LogP contribution in [0, 0.1) is 5.82 Å². The first kappa shape index (κ1) is 28.5. The molecule has 2 aromatic rings. The Hall–Kier alpha value is -4.01. The molecule has 3 fully saturated rings. The van der Waals surface area contributed by atoms with Gasteiger partial charge in [-0.2, -0.15) is 17.6 Å². The minimum absolute atomic E-state index is 0.0796. The number of halogens is 6. The zero-order valence-corrected chi connectivity index (χ0v) is 21.6. The van der Waals surface area contributed by atoms with Crippen LogP contribution in [0.4, 0.5) is 22.0 Å². The summed E-state index contributed by atoms with van der Waals surface area (Å²) in [5.41, 5.74) is -2.33. The molecule has 2 aromatic carbocycles. The van der Waals surface area contributed by atoms with Crippen molar-refractivity contribution >= 4 is 29.3 Å². The first-order valence-corrected chi connectivity index (χ1v) is 12.5.